The summed E-state index contributed by atoms with van der Waals surface area (Å²) in [6.45, 7) is 0. The number of hydrogen-bond donors (Lipinski definition) is 2. The maximum Gasteiger partial charge on any atom is 0.335 e. The molecular formula is C14H12N2O5. The highest BCUT2D eigenvalue weighted by Crippen LogP contribution is 2.29. The number of carboxylic acids is 1. The molecule has 0 heterocycles. The van der Waals surface area contributed by atoms with E-state index in [9.17, 15) is 14.9 Å². The normalized spacial score (nSPS) is 9.95. The number of nitrogens with one attached hydrogen (secondary N) is 1. The van der Waals surface area contributed by atoms with Crippen LogP contribution in [0.5, 0.6) is 5.75 Å². The van der Waals surface area contributed by atoms with Crippen LogP contribution < -0.4 is 10.1 Å². The minimum atomic E-state index is -1.15. The maximum atomic E-state index is 11.0. The minimum Gasteiger partial charge on any atom is -0.497 e. The second-order valence-electron chi connectivity index (χ2n) is 4.15. The van der Waals surface area contributed by atoms with Crippen molar-refractivity contribution in [3.8, 4) is 5.75 Å². The zero-order valence-electron chi connectivity index (χ0n) is 11.1. The Morgan fingerprint density at radius 1 is 1.24 bits per heavy atom. The van der Waals surface area contributed by atoms with Crippen molar-refractivity contribution in [2.24, 2.45) is 0 Å². The van der Waals surface area contributed by atoms with Crippen molar-refractivity contribution < 1.29 is 19.6 Å². The van der Waals surface area contributed by atoms with Gasteiger partial charge in [0.05, 0.1) is 17.6 Å². The van der Waals surface area contributed by atoms with Crippen LogP contribution >= 0.6 is 0 Å². The number of nitrogens with zero attached hydrogens (tertiary/aromatic N) is 1. The summed E-state index contributed by atoms with van der Waals surface area (Å²) in [6.07, 6.45) is 0. The Hall–Kier alpha value is -3.09. The first-order valence-corrected chi connectivity index (χ1v) is 5.94. The summed E-state index contributed by atoms with van der Waals surface area (Å²) in [5.74, 6) is -0.503. The SMILES string of the molecule is COc1ccc(Nc2cc(C(=O)O)ccc2[N+](=O)[O-])cc1. The Morgan fingerprint density at radius 3 is 2.43 bits per heavy atom. The molecule has 0 aromatic heterocycles. The fraction of sp³-hybridized carbons (Fsp3) is 0.0714. The molecule has 0 saturated carbocycles. The summed E-state index contributed by atoms with van der Waals surface area (Å²) >= 11 is 0. The van der Waals surface area contributed by atoms with Crippen molar-refractivity contribution in [2.45, 2.75) is 0 Å². The fourth-order valence-electron chi connectivity index (χ4n) is 1.76. The van der Waals surface area contributed by atoms with Gasteiger partial charge >= 0.3 is 5.97 Å². The van der Waals surface area contributed by atoms with E-state index in [1.54, 1.807) is 24.3 Å². The molecule has 0 fully saturated rings. The van der Waals surface area contributed by atoms with Crippen LogP contribution in [-0.4, -0.2) is 23.1 Å². The van der Waals surface area contributed by atoms with Gasteiger partial charge in [0, 0.05) is 11.8 Å². The highest BCUT2D eigenvalue weighted by molar-refractivity contribution is 5.90. The summed E-state index contributed by atoms with van der Waals surface area (Å²) in [5, 5.41) is 22.8. The largest absolute Gasteiger partial charge is 0.497 e. The molecule has 2 rings (SSSR count). The van der Waals surface area contributed by atoms with Crippen molar-refractivity contribution in [3.05, 3.63) is 58.1 Å². The predicted molar refractivity (Wildman–Crippen MR) is 76.3 cm³/mol. The molecule has 0 saturated heterocycles. The molecule has 0 atom stereocenters. The summed E-state index contributed by atoms with van der Waals surface area (Å²) in [5.41, 5.74) is 0.471. The van der Waals surface area contributed by atoms with E-state index in [4.69, 9.17) is 9.84 Å². The van der Waals surface area contributed by atoms with Crippen molar-refractivity contribution in [2.75, 3.05) is 12.4 Å². The number of carboxylic acid groups (broad SMARTS) is 1. The number of aromatic carboxylic acids is 1. The fourth-order valence-corrected chi connectivity index (χ4v) is 1.76. The van der Waals surface area contributed by atoms with Gasteiger partial charge in [0.1, 0.15) is 11.4 Å². The van der Waals surface area contributed by atoms with Gasteiger partial charge in [-0.3, -0.25) is 10.1 Å². The average Bonchev–Trinajstić information content (AvgIpc) is 2.47. The van der Waals surface area contributed by atoms with Gasteiger partial charge in [-0.2, -0.15) is 0 Å². The lowest BCUT2D eigenvalue weighted by atomic mass is 10.1. The smallest absolute Gasteiger partial charge is 0.335 e. The number of methoxy groups -OCH3 is 1. The number of nitro benzene ring substituents is 1. The quantitative estimate of drug-likeness (QED) is 0.647. The Labute approximate surface area is 119 Å². The first-order chi connectivity index (χ1) is 10.0. The van der Waals surface area contributed by atoms with Crippen molar-refractivity contribution in [1.82, 2.24) is 0 Å². The summed E-state index contributed by atoms with van der Waals surface area (Å²) in [7, 11) is 1.53. The molecule has 2 aromatic carbocycles. The van der Waals surface area contributed by atoms with E-state index in [1.807, 2.05) is 0 Å². The number of ether oxygens (including phenoxy) is 1. The van der Waals surface area contributed by atoms with Crippen LogP contribution in [0.4, 0.5) is 17.1 Å². The minimum absolute atomic E-state index is 0.0309. The van der Waals surface area contributed by atoms with Gasteiger partial charge < -0.3 is 15.2 Å². The third kappa shape index (κ3) is 3.27. The van der Waals surface area contributed by atoms with Crippen molar-refractivity contribution in [1.29, 1.82) is 0 Å². The van der Waals surface area contributed by atoms with Gasteiger partial charge in [0.15, 0.2) is 0 Å². The molecule has 0 aliphatic heterocycles. The lowest BCUT2D eigenvalue weighted by Crippen LogP contribution is -2.01. The summed E-state index contributed by atoms with van der Waals surface area (Å²) in [6, 6.07) is 10.3. The number of carbonyl (C=O) groups is 1. The lowest BCUT2D eigenvalue weighted by Gasteiger charge is -2.08. The molecule has 0 amide bonds. The van der Waals surface area contributed by atoms with Crippen LogP contribution in [0, 0.1) is 10.1 Å². The van der Waals surface area contributed by atoms with Gasteiger partial charge in [0.2, 0.25) is 0 Å². The topological polar surface area (TPSA) is 102 Å². The van der Waals surface area contributed by atoms with Gasteiger partial charge in [-0.1, -0.05) is 0 Å². The van der Waals surface area contributed by atoms with Crippen LogP contribution in [0.15, 0.2) is 42.5 Å². The molecule has 21 heavy (non-hydrogen) atoms. The third-order valence-electron chi connectivity index (χ3n) is 2.81. The number of nitro groups is 1. The van der Waals surface area contributed by atoms with Crippen LogP contribution in [0.3, 0.4) is 0 Å². The molecule has 0 radical (unpaired) electrons. The number of rotatable bonds is 5. The zero-order valence-corrected chi connectivity index (χ0v) is 11.1. The van der Waals surface area contributed by atoms with Crippen LogP contribution in [0.25, 0.3) is 0 Å². The van der Waals surface area contributed by atoms with Crippen LogP contribution in [0.2, 0.25) is 0 Å². The molecule has 2 aromatic rings. The van der Waals surface area contributed by atoms with E-state index in [0.717, 1.165) is 6.07 Å². The Balaban J connectivity index is 2.37. The van der Waals surface area contributed by atoms with E-state index < -0.39 is 10.9 Å². The summed E-state index contributed by atoms with van der Waals surface area (Å²) in [4.78, 5) is 21.4. The number of anilines is 2. The molecule has 2 N–H and O–H groups in total. The molecule has 108 valence electrons. The third-order valence-corrected chi connectivity index (χ3v) is 2.81. The van der Waals surface area contributed by atoms with E-state index in [2.05, 4.69) is 5.32 Å². The molecule has 7 heteroatoms. The Morgan fingerprint density at radius 2 is 1.90 bits per heavy atom. The van der Waals surface area contributed by atoms with Crippen LogP contribution in [0.1, 0.15) is 10.4 Å². The Bertz CT molecular complexity index is 682. The summed E-state index contributed by atoms with van der Waals surface area (Å²) < 4.78 is 5.02. The first-order valence-electron chi connectivity index (χ1n) is 5.94. The zero-order chi connectivity index (χ0) is 15.4. The highest BCUT2D eigenvalue weighted by atomic mass is 16.6. The van der Waals surface area contributed by atoms with E-state index >= 15 is 0 Å². The standard InChI is InChI=1S/C14H12N2O5/c1-21-11-5-3-10(4-6-11)15-12-8-9(14(17)18)2-7-13(12)16(19)20/h2-8,15H,1H3,(H,17,18). The predicted octanol–water partition coefficient (Wildman–Crippen LogP) is 3.05. The van der Waals surface area contributed by atoms with E-state index in [0.29, 0.717) is 11.4 Å². The number of hydrogen-bond acceptors (Lipinski definition) is 5. The molecule has 7 nitrogen and oxygen atoms in total. The monoisotopic (exact) mass is 288 g/mol. The molecule has 0 bridgehead atoms. The van der Waals surface area contributed by atoms with Crippen molar-refractivity contribution >= 4 is 23.0 Å². The van der Waals surface area contributed by atoms with Gasteiger partial charge in [-0.05, 0) is 36.4 Å². The average molecular weight is 288 g/mol. The molecule has 0 aliphatic rings. The molecule has 0 aliphatic carbocycles. The van der Waals surface area contributed by atoms with Gasteiger partial charge in [-0.15, -0.1) is 0 Å². The first kappa shape index (κ1) is 14.3. The lowest BCUT2D eigenvalue weighted by molar-refractivity contribution is -0.383. The maximum absolute atomic E-state index is 11.0. The molecular weight excluding hydrogens is 276 g/mol. The van der Waals surface area contributed by atoms with E-state index in [1.165, 1.54) is 19.2 Å². The number of benzene rings is 2. The van der Waals surface area contributed by atoms with E-state index in [-0.39, 0.29) is 16.9 Å². The second kappa shape index (κ2) is 5.91. The van der Waals surface area contributed by atoms with Gasteiger partial charge in [0.25, 0.3) is 5.69 Å². The molecule has 0 spiro atoms. The molecule has 0 unspecified atom stereocenters. The Kier molecular flexibility index (Phi) is 4.03. The van der Waals surface area contributed by atoms with Crippen LogP contribution in [-0.2, 0) is 0 Å². The second-order valence-corrected chi connectivity index (χ2v) is 4.15. The van der Waals surface area contributed by atoms with Crippen molar-refractivity contribution in [3.63, 3.8) is 0 Å². The highest BCUT2D eigenvalue weighted by Gasteiger charge is 2.16. The van der Waals surface area contributed by atoms with Gasteiger partial charge in [-0.25, -0.2) is 4.79 Å².